The summed E-state index contributed by atoms with van der Waals surface area (Å²) < 4.78 is 0. The zero-order valence-electron chi connectivity index (χ0n) is 10.6. The second kappa shape index (κ2) is 7.57. The summed E-state index contributed by atoms with van der Waals surface area (Å²) >= 11 is 0. The smallest absolute Gasteiger partial charge is 0.332 e. The lowest BCUT2D eigenvalue weighted by Gasteiger charge is -2.15. The Kier molecular flexibility index (Phi) is 6.07. The second-order valence-electron chi connectivity index (χ2n) is 4.34. The minimum Gasteiger partial charge on any atom is -0.479 e. The highest BCUT2D eigenvalue weighted by atomic mass is 16.4. The fourth-order valence-electron chi connectivity index (χ4n) is 1.74. The van der Waals surface area contributed by atoms with Gasteiger partial charge in [0.2, 0.25) is 5.91 Å². The molecule has 3 amide bonds. The molecule has 1 saturated heterocycles. The number of rotatable bonds is 6. The molecule has 8 heteroatoms. The third-order valence-corrected chi connectivity index (χ3v) is 2.85. The van der Waals surface area contributed by atoms with Crippen LogP contribution in [0, 0.1) is 0 Å². The standard InChI is InChI=1S/C11H19N3O5/c15-8(10(17)18)3-4-12-11(19)13-7-9(16)14-5-1-2-6-14/h8,15H,1-7H2,(H,17,18)(H2,12,13,19). The fraction of sp³-hybridized carbons (Fsp3) is 0.727. The molecule has 1 heterocycles. The van der Waals surface area contributed by atoms with Crippen LogP contribution in [0.1, 0.15) is 19.3 Å². The maximum absolute atomic E-state index is 11.6. The average molecular weight is 273 g/mol. The molecule has 4 N–H and O–H groups in total. The molecule has 0 aliphatic carbocycles. The van der Waals surface area contributed by atoms with E-state index in [9.17, 15) is 14.4 Å². The molecule has 8 nitrogen and oxygen atoms in total. The van der Waals surface area contributed by atoms with Crippen LogP contribution in [0.5, 0.6) is 0 Å². The molecule has 1 aliphatic heterocycles. The monoisotopic (exact) mass is 273 g/mol. The van der Waals surface area contributed by atoms with Crippen LogP contribution in [0.4, 0.5) is 4.79 Å². The van der Waals surface area contributed by atoms with Gasteiger partial charge in [0.25, 0.3) is 0 Å². The maximum atomic E-state index is 11.6. The van der Waals surface area contributed by atoms with Crippen molar-refractivity contribution in [1.82, 2.24) is 15.5 Å². The molecule has 0 spiro atoms. The van der Waals surface area contributed by atoms with Crippen molar-refractivity contribution in [3.05, 3.63) is 0 Å². The quantitative estimate of drug-likeness (QED) is 0.482. The van der Waals surface area contributed by atoms with E-state index in [2.05, 4.69) is 10.6 Å². The van der Waals surface area contributed by atoms with E-state index in [1.165, 1.54) is 0 Å². The predicted molar refractivity (Wildman–Crippen MR) is 65.5 cm³/mol. The summed E-state index contributed by atoms with van der Waals surface area (Å²) in [4.78, 5) is 34.9. The molecule has 0 aromatic rings. The number of hydrogen-bond acceptors (Lipinski definition) is 4. The zero-order chi connectivity index (χ0) is 14.3. The van der Waals surface area contributed by atoms with Crippen LogP contribution in [0.2, 0.25) is 0 Å². The molecule has 1 aliphatic rings. The number of hydrogen-bond donors (Lipinski definition) is 4. The lowest BCUT2D eigenvalue weighted by Crippen LogP contribution is -2.43. The highest BCUT2D eigenvalue weighted by molar-refractivity contribution is 5.84. The second-order valence-corrected chi connectivity index (χ2v) is 4.34. The van der Waals surface area contributed by atoms with Crippen LogP contribution in [0.25, 0.3) is 0 Å². The summed E-state index contributed by atoms with van der Waals surface area (Å²) in [5.74, 6) is -1.45. The van der Waals surface area contributed by atoms with Crippen molar-refractivity contribution < 1.29 is 24.6 Å². The van der Waals surface area contributed by atoms with Crippen molar-refractivity contribution in [2.75, 3.05) is 26.2 Å². The summed E-state index contributed by atoms with van der Waals surface area (Å²) in [6.07, 6.45) is 0.408. The molecule has 1 rings (SSSR count). The molecule has 19 heavy (non-hydrogen) atoms. The molecule has 0 saturated carbocycles. The van der Waals surface area contributed by atoms with Gasteiger partial charge in [-0.05, 0) is 12.8 Å². The highest BCUT2D eigenvalue weighted by Crippen LogP contribution is 2.06. The number of likely N-dealkylation sites (tertiary alicyclic amines) is 1. The van der Waals surface area contributed by atoms with E-state index < -0.39 is 18.1 Å². The molecule has 108 valence electrons. The van der Waals surface area contributed by atoms with Crippen LogP contribution >= 0.6 is 0 Å². The number of carboxylic acids is 1. The van der Waals surface area contributed by atoms with Gasteiger partial charge in [0, 0.05) is 26.1 Å². The van der Waals surface area contributed by atoms with E-state index >= 15 is 0 Å². The molecular weight excluding hydrogens is 254 g/mol. The first-order valence-electron chi connectivity index (χ1n) is 6.21. The fourth-order valence-corrected chi connectivity index (χ4v) is 1.74. The highest BCUT2D eigenvalue weighted by Gasteiger charge is 2.18. The number of aliphatic hydroxyl groups is 1. The Hall–Kier alpha value is -1.83. The number of aliphatic hydroxyl groups excluding tert-OH is 1. The van der Waals surface area contributed by atoms with Gasteiger partial charge >= 0.3 is 12.0 Å². The van der Waals surface area contributed by atoms with Crippen molar-refractivity contribution >= 4 is 17.9 Å². The minimum atomic E-state index is -1.49. The first-order chi connectivity index (χ1) is 9.00. The van der Waals surface area contributed by atoms with E-state index in [-0.39, 0.29) is 25.4 Å². The Labute approximate surface area is 110 Å². The summed E-state index contributed by atoms with van der Waals surface area (Å²) in [5, 5.41) is 22.1. The van der Waals surface area contributed by atoms with E-state index in [1.807, 2.05) is 0 Å². The lowest BCUT2D eigenvalue weighted by atomic mass is 10.2. The molecule has 0 aromatic carbocycles. The van der Waals surface area contributed by atoms with Crippen molar-refractivity contribution in [2.45, 2.75) is 25.4 Å². The van der Waals surface area contributed by atoms with Gasteiger partial charge < -0.3 is 25.7 Å². The topological polar surface area (TPSA) is 119 Å². The van der Waals surface area contributed by atoms with Gasteiger partial charge in [-0.2, -0.15) is 0 Å². The molecule has 1 atom stereocenters. The molecule has 1 fully saturated rings. The Morgan fingerprint density at radius 3 is 2.37 bits per heavy atom. The van der Waals surface area contributed by atoms with E-state index in [4.69, 9.17) is 10.2 Å². The van der Waals surface area contributed by atoms with Crippen molar-refractivity contribution in [2.24, 2.45) is 0 Å². The summed E-state index contributed by atoms with van der Waals surface area (Å²) in [6.45, 7) is 1.41. The lowest BCUT2D eigenvalue weighted by molar-refractivity contribution is -0.146. The SMILES string of the molecule is O=C(NCCC(O)C(=O)O)NCC(=O)N1CCCC1. The number of nitrogens with one attached hydrogen (secondary N) is 2. The number of aliphatic carboxylic acids is 1. The normalized spacial score (nSPS) is 15.9. The molecule has 0 bridgehead atoms. The zero-order valence-corrected chi connectivity index (χ0v) is 10.6. The van der Waals surface area contributed by atoms with Crippen LogP contribution in [-0.2, 0) is 9.59 Å². The Morgan fingerprint density at radius 1 is 1.16 bits per heavy atom. The maximum Gasteiger partial charge on any atom is 0.332 e. The Bertz CT molecular complexity index is 341. The van der Waals surface area contributed by atoms with E-state index in [0.717, 1.165) is 25.9 Å². The number of carboxylic acid groups (broad SMARTS) is 1. The van der Waals surface area contributed by atoms with Crippen LogP contribution in [0.3, 0.4) is 0 Å². The van der Waals surface area contributed by atoms with Gasteiger partial charge in [-0.1, -0.05) is 0 Å². The Morgan fingerprint density at radius 2 is 1.79 bits per heavy atom. The summed E-state index contributed by atoms with van der Waals surface area (Å²) in [6, 6.07) is -0.551. The summed E-state index contributed by atoms with van der Waals surface area (Å²) in [5.41, 5.74) is 0. The molecule has 0 aromatic heterocycles. The average Bonchev–Trinajstić information content (AvgIpc) is 2.89. The first kappa shape index (κ1) is 15.2. The van der Waals surface area contributed by atoms with Gasteiger partial charge in [0.15, 0.2) is 6.10 Å². The van der Waals surface area contributed by atoms with Crippen LogP contribution in [0.15, 0.2) is 0 Å². The largest absolute Gasteiger partial charge is 0.479 e. The van der Waals surface area contributed by atoms with Gasteiger partial charge in [-0.25, -0.2) is 9.59 Å². The van der Waals surface area contributed by atoms with Crippen molar-refractivity contribution in [1.29, 1.82) is 0 Å². The first-order valence-corrected chi connectivity index (χ1v) is 6.21. The summed E-state index contributed by atoms with van der Waals surface area (Å²) in [7, 11) is 0. The van der Waals surface area contributed by atoms with E-state index in [0.29, 0.717) is 0 Å². The number of carbonyl (C=O) groups is 3. The minimum absolute atomic E-state index is 0.0250. The molecule has 1 unspecified atom stereocenters. The van der Waals surface area contributed by atoms with Gasteiger partial charge in [-0.3, -0.25) is 4.79 Å². The van der Waals surface area contributed by atoms with Gasteiger partial charge in [0.1, 0.15) is 0 Å². The number of nitrogens with zero attached hydrogens (tertiary/aromatic N) is 1. The van der Waals surface area contributed by atoms with Gasteiger partial charge in [-0.15, -0.1) is 0 Å². The van der Waals surface area contributed by atoms with Crippen LogP contribution in [-0.4, -0.2) is 65.3 Å². The number of carbonyl (C=O) groups excluding carboxylic acids is 2. The van der Waals surface area contributed by atoms with Crippen molar-refractivity contribution in [3.63, 3.8) is 0 Å². The number of urea groups is 1. The molecule has 0 radical (unpaired) electrons. The third kappa shape index (κ3) is 5.56. The number of amides is 3. The van der Waals surface area contributed by atoms with Crippen molar-refractivity contribution in [3.8, 4) is 0 Å². The predicted octanol–water partition coefficient (Wildman–Crippen LogP) is -1.26. The van der Waals surface area contributed by atoms with Gasteiger partial charge in [0.05, 0.1) is 6.54 Å². The van der Waals surface area contributed by atoms with Crippen LogP contribution < -0.4 is 10.6 Å². The Balaban J connectivity index is 2.10. The third-order valence-electron chi connectivity index (χ3n) is 2.85. The van der Waals surface area contributed by atoms with E-state index in [1.54, 1.807) is 4.90 Å². The molecular formula is C11H19N3O5.